The number of fused-ring (bicyclic) bond motifs is 2. The summed E-state index contributed by atoms with van der Waals surface area (Å²) in [7, 11) is 1.82. The van der Waals surface area contributed by atoms with Crippen molar-refractivity contribution in [1.82, 2.24) is 10.2 Å². The van der Waals surface area contributed by atoms with E-state index in [1.54, 1.807) is 6.07 Å². The molecule has 168 valence electrons. The van der Waals surface area contributed by atoms with Crippen molar-refractivity contribution in [2.45, 2.75) is 63.8 Å². The molecule has 3 N–H and O–H groups in total. The number of rotatable bonds is 2. The fourth-order valence-corrected chi connectivity index (χ4v) is 5.00. The van der Waals surface area contributed by atoms with Crippen LogP contribution in [-0.2, 0) is 21.7 Å². The number of ether oxygens (including phenoxy) is 2. The largest absolute Gasteiger partial charge is 0.507 e. The number of halogens is 1. The number of aryl methyl sites for hydroxylation is 1. The van der Waals surface area contributed by atoms with Gasteiger partial charge in [-0.05, 0) is 37.5 Å². The first kappa shape index (κ1) is 22.3. The van der Waals surface area contributed by atoms with Gasteiger partial charge in [-0.2, -0.15) is 0 Å². The third kappa shape index (κ3) is 4.37. The summed E-state index contributed by atoms with van der Waals surface area (Å²) in [5.74, 6) is 0.792. The molecule has 1 unspecified atom stereocenters. The van der Waals surface area contributed by atoms with Crippen molar-refractivity contribution < 1.29 is 19.7 Å². The Bertz CT molecular complexity index is 918. The molecule has 0 radical (unpaired) electrons. The van der Waals surface area contributed by atoms with E-state index in [0.717, 1.165) is 36.0 Å². The van der Waals surface area contributed by atoms with Crippen LogP contribution < -0.4 is 5.32 Å². The Morgan fingerprint density at radius 3 is 2.55 bits per heavy atom. The highest BCUT2D eigenvalue weighted by atomic mass is 35.5. The summed E-state index contributed by atoms with van der Waals surface area (Å²) in [5, 5.41) is 31.6. The molecular weight excluding hydrogens is 418 g/mol. The molecule has 2 aliphatic heterocycles. The number of aromatic hydroxyl groups is 1. The van der Waals surface area contributed by atoms with E-state index < -0.39 is 5.60 Å². The highest BCUT2D eigenvalue weighted by molar-refractivity contribution is 6.31. The van der Waals surface area contributed by atoms with Crippen LogP contribution in [0.15, 0.2) is 12.1 Å². The standard InChI is InChI=1S/C17H18ClN3O3.C6H12O/c1-9-5-10(18)6-12(22)13(9)15-11-7-24-17(3-4-23-8-17)14(11)16(19-2)21-20-15;7-6-4-2-1-3-5-6/h5-6,22H,3-4,7-8H2,1-2H3,(H,19,21);6-7H,1-5H2. The van der Waals surface area contributed by atoms with E-state index in [4.69, 9.17) is 26.2 Å². The number of aliphatic hydroxyl groups excluding tert-OH is 1. The summed E-state index contributed by atoms with van der Waals surface area (Å²) in [4.78, 5) is 0. The van der Waals surface area contributed by atoms with Crippen LogP contribution in [0.5, 0.6) is 5.75 Å². The molecule has 31 heavy (non-hydrogen) atoms. The van der Waals surface area contributed by atoms with Gasteiger partial charge in [-0.1, -0.05) is 30.9 Å². The molecule has 5 rings (SSSR count). The Balaban J connectivity index is 0.000000282. The first-order valence-electron chi connectivity index (χ1n) is 10.9. The lowest BCUT2D eigenvalue weighted by atomic mass is 9.89. The molecule has 0 amide bonds. The van der Waals surface area contributed by atoms with Gasteiger partial charge >= 0.3 is 0 Å². The topological polar surface area (TPSA) is 96.7 Å². The van der Waals surface area contributed by atoms with Gasteiger partial charge in [-0.3, -0.25) is 0 Å². The number of aromatic nitrogens is 2. The minimum absolute atomic E-state index is 0.0359. The fourth-order valence-electron chi connectivity index (χ4n) is 4.73. The number of phenols is 1. The molecule has 3 aliphatic rings. The fraction of sp³-hybridized carbons (Fsp3) is 0.565. The average molecular weight is 448 g/mol. The van der Waals surface area contributed by atoms with Crippen molar-refractivity contribution in [3.63, 3.8) is 0 Å². The smallest absolute Gasteiger partial charge is 0.155 e. The lowest BCUT2D eigenvalue weighted by Gasteiger charge is -2.23. The zero-order valence-corrected chi connectivity index (χ0v) is 18.8. The summed E-state index contributed by atoms with van der Waals surface area (Å²) in [6, 6.07) is 3.33. The second-order valence-corrected chi connectivity index (χ2v) is 8.93. The third-order valence-electron chi connectivity index (χ3n) is 6.34. The van der Waals surface area contributed by atoms with Gasteiger partial charge in [-0.25, -0.2) is 0 Å². The molecule has 1 aliphatic carbocycles. The second-order valence-electron chi connectivity index (χ2n) is 8.49. The van der Waals surface area contributed by atoms with Gasteiger partial charge in [0.15, 0.2) is 5.82 Å². The normalized spacial score (nSPS) is 22.8. The number of nitrogens with one attached hydrogen (secondary N) is 1. The molecule has 8 heteroatoms. The van der Waals surface area contributed by atoms with Crippen LogP contribution in [-0.4, -0.2) is 46.8 Å². The molecule has 3 heterocycles. The first-order chi connectivity index (χ1) is 14.9. The molecule has 1 atom stereocenters. The predicted molar refractivity (Wildman–Crippen MR) is 119 cm³/mol. The van der Waals surface area contributed by atoms with Gasteiger partial charge in [0.05, 0.1) is 19.3 Å². The van der Waals surface area contributed by atoms with Gasteiger partial charge < -0.3 is 25.0 Å². The van der Waals surface area contributed by atoms with E-state index in [-0.39, 0.29) is 11.9 Å². The Morgan fingerprint density at radius 1 is 1.19 bits per heavy atom. The van der Waals surface area contributed by atoms with Gasteiger partial charge in [0, 0.05) is 41.8 Å². The quantitative estimate of drug-likeness (QED) is 0.631. The lowest BCUT2D eigenvalue weighted by molar-refractivity contribution is -0.0417. The van der Waals surface area contributed by atoms with Crippen LogP contribution in [0.1, 0.15) is 55.2 Å². The van der Waals surface area contributed by atoms with E-state index in [9.17, 15) is 5.11 Å². The lowest BCUT2D eigenvalue weighted by Crippen LogP contribution is -2.27. The molecular formula is C23H30ClN3O4. The van der Waals surface area contributed by atoms with Crippen molar-refractivity contribution in [2.75, 3.05) is 25.6 Å². The van der Waals surface area contributed by atoms with Crippen molar-refractivity contribution in [3.8, 4) is 17.0 Å². The number of anilines is 1. The van der Waals surface area contributed by atoms with Gasteiger partial charge in [0.1, 0.15) is 17.0 Å². The Kier molecular flexibility index (Phi) is 6.67. The third-order valence-corrected chi connectivity index (χ3v) is 6.55. The molecule has 7 nitrogen and oxygen atoms in total. The number of benzene rings is 1. The SMILES string of the molecule is CNc1nnc(-c2c(C)cc(Cl)cc2O)c2c1C1(CCOC1)OC2.OC1CCCCC1. The van der Waals surface area contributed by atoms with Crippen LogP contribution in [0.2, 0.25) is 5.02 Å². The summed E-state index contributed by atoms with van der Waals surface area (Å²) in [5.41, 5.74) is 3.58. The summed E-state index contributed by atoms with van der Waals surface area (Å²) in [6.07, 6.45) is 6.71. The molecule has 1 spiro atoms. The summed E-state index contributed by atoms with van der Waals surface area (Å²) in [6.45, 7) is 3.47. The monoisotopic (exact) mass is 447 g/mol. The highest BCUT2D eigenvalue weighted by Gasteiger charge is 2.47. The Hall–Kier alpha value is -1.93. The molecule has 1 aromatic heterocycles. The van der Waals surface area contributed by atoms with E-state index in [1.807, 2.05) is 14.0 Å². The molecule has 2 aromatic rings. The minimum Gasteiger partial charge on any atom is -0.507 e. The Morgan fingerprint density at radius 2 is 1.97 bits per heavy atom. The predicted octanol–water partition coefficient (Wildman–Crippen LogP) is 4.31. The van der Waals surface area contributed by atoms with E-state index in [1.165, 1.54) is 25.3 Å². The summed E-state index contributed by atoms with van der Waals surface area (Å²) < 4.78 is 11.7. The number of phenolic OH excluding ortho intramolecular Hbond substituents is 1. The number of hydrogen-bond acceptors (Lipinski definition) is 7. The molecule has 2 fully saturated rings. The van der Waals surface area contributed by atoms with Gasteiger partial charge in [-0.15, -0.1) is 10.2 Å². The van der Waals surface area contributed by atoms with Gasteiger partial charge in [0.2, 0.25) is 0 Å². The minimum atomic E-state index is -0.478. The highest BCUT2D eigenvalue weighted by Crippen LogP contribution is 2.49. The number of nitrogens with zero attached hydrogens (tertiary/aromatic N) is 2. The first-order valence-corrected chi connectivity index (χ1v) is 11.3. The van der Waals surface area contributed by atoms with Gasteiger partial charge in [0.25, 0.3) is 0 Å². The maximum atomic E-state index is 10.4. The van der Waals surface area contributed by atoms with E-state index in [2.05, 4.69) is 15.5 Å². The molecule has 1 saturated carbocycles. The average Bonchev–Trinajstić information content (AvgIpc) is 3.37. The zero-order chi connectivity index (χ0) is 22.0. The van der Waals surface area contributed by atoms with Crippen LogP contribution in [0, 0.1) is 6.92 Å². The van der Waals surface area contributed by atoms with Crippen LogP contribution >= 0.6 is 11.6 Å². The molecule has 0 bridgehead atoms. The zero-order valence-electron chi connectivity index (χ0n) is 18.1. The summed E-state index contributed by atoms with van der Waals surface area (Å²) >= 11 is 6.03. The second kappa shape index (κ2) is 9.28. The van der Waals surface area contributed by atoms with E-state index in [0.29, 0.717) is 41.9 Å². The van der Waals surface area contributed by atoms with E-state index >= 15 is 0 Å². The number of aliphatic hydroxyl groups is 1. The van der Waals surface area contributed by atoms with Crippen molar-refractivity contribution in [1.29, 1.82) is 0 Å². The van der Waals surface area contributed by atoms with Crippen molar-refractivity contribution in [2.24, 2.45) is 0 Å². The maximum Gasteiger partial charge on any atom is 0.155 e. The van der Waals surface area contributed by atoms with Crippen molar-refractivity contribution in [3.05, 3.63) is 33.8 Å². The Labute approximate surface area is 187 Å². The van der Waals surface area contributed by atoms with Crippen molar-refractivity contribution >= 4 is 17.4 Å². The van der Waals surface area contributed by atoms with Crippen LogP contribution in [0.25, 0.3) is 11.3 Å². The van der Waals surface area contributed by atoms with Crippen LogP contribution in [0.3, 0.4) is 0 Å². The van der Waals surface area contributed by atoms with Crippen LogP contribution in [0.4, 0.5) is 5.82 Å². The number of hydrogen-bond donors (Lipinski definition) is 3. The molecule has 1 saturated heterocycles. The molecule has 1 aromatic carbocycles. The maximum absolute atomic E-state index is 10.4.